The molecular weight excluding hydrogens is 228 g/mol. The molecule has 1 rings (SSSR count). The molecule has 6 heteroatoms. The second-order valence-electron chi connectivity index (χ2n) is 4.71. The van der Waals surface area contributed by atoms with Crippen LogP contribution in [0.1, 0.15) is 46.0 Å². The van der Waals surface area contributed by atoms with Crippen LogP contribution in [0, 0.1) is 0 Å². The molecule has 0 radical (unpaired) electrons. The lowest BCUT2D eigenvalue weighted by Crippen LogP contribution is -2.58. The van der Waals surface area contributed by atoms with Crippen LogP contribution in [0.3, 0.4) is 0 Å². The summed E-state index contributed by atoms with van der Waals surface area (Å²) < 4.78 is 24.1. The van der Waals surface area contributed by atoms with Gasteiger partial charge in [0, 0.05) is 12.1 Å². The molecule has 0 aromatic heterocycles. The van der Waals surface area contributed by atoms with Crippen LogP contribution in [0.2, 0.25) is 0 Å². The predicted octanol–water partition coefficient (Wildman–Crippen LogP) is 1.13. The van der Waals surface area contributed by atoms with E-state index in [1.54, 1.807) is 6.92 Å². The Morgan fingerprint density at radius 3 is 2.56 bits per heavy atom. The summed E-state index contributed by atoms with van der Waals surface area (Å²) in [5.41, 5.74) is 4.71. The van der Waals surface area contributed by atoms with Gasteiger partial charge in [-0.2, -0.15) is 4.21 Å². The van der Waals surface area contributed by atoms with Gasteiger partial charge in [-0.3, -0.25) is 4.55 Å². The minimum absolute atomic E-state index is 0.160. The van der Waals surface area contributed by atoms with Crippen LogP contribution >= 0.6 is 0 Å². The zero-order valence-corrected chi connectivity index (χ0v) is 10.8. The molecule has 0 amide bonds. The highest BCUT2D eigenvalue weighted by Gasteiger charge is 2.31. The van der Waals surface area contributed by atoms with Crippen molar-refractivity contribution in [3.8, 4) is 0 Å². The van der Waals surface area contributed by atoms with Gasteiger partial charge >= 0.3 is 11.4 Å². The third kappa shape index (κ3) is 4.47. The van der Waals surface area contributed by atoms with E-state index in [0.29, 0.717) is 6.04 Å². The van der Waals surface area contributed by atoms with Crippen LogP contribution in [0.4, 0.5) is 0 Å². The summed E-state index contributed by atoms with van der Waals surface area (Å²) in [6, 6.07) is 0.286. The lowest BCUT2D eigenvalue weighted by Gasteiger charge is -2.34. The van der Waals surface area contributed by atoms with Gasteiger partial charge in [0.1, 0.15) is 5.72 Å². The SMILES string of the molecule is CC(NC1CCCCC1)C(C)(N)OS(=O)O. The van der Waals surface area contributed by atoms with Gasteiger partial charge in [0.15, 0.2) is 0 Å². The summed E-state index contributed by atoms with van der Waals surface area (Å²) in [4.78, 5) is 0. The van der Waals surface area contributed by atoms with E-state index in [1.807, 2.05) is 6.92 Å². The van der Waals surface area contributed by atoms with Crippen molar-refractivity contribution in [3.63, 3.8) is 0 Å². The van der Waals surface area contributed by atoms with Gasteiger partial charge in [0.2, 0.25) is 0 Å². The number of nitrogens with one attached hydrogen (secondary N) is 1. The zero-order valence-electron chi connectivity index (χ0n) is 9.94. The highest BCUT2D eigenvalue weighted by atomic mass is 32.2. The third-order valence-corrected chi connectivity index (χ3v) is 3.70. The first-order valence-corrected chi connectivity index (χ1v) is 6.80. The molecule has 0 bridgehead atoms. The van der Waals surface area contributed by atoms with E-state index in [4.69, 9.17) is 14.5 Å². The van der Waals surface area contributed by atoms with Crippen LogP contribution in [-0.2, 0) is 15.5 Å². The summed E-state index contributed by atoms with van der Waals surface area (Å²) >= 11 is -2.33. The van der Waals surface area contributed by atoms with Crippen molar-refractivity contribution in [1.82, 2.24) is 5.32 Å². The van der Waals surface area contributed by atoms with E-state index >= 15 is 0 Å². The standard InChI is InChI=1S/C10H22N2O3S/c1-8(10(2,11)15-16(13)14)12-9-6-4-3-5-7-9/h8-9,12H,3-7,11H2,1-2H3,(H,13,14). The van der Waals surface area contributed by atoms with Gasteiger partial charge in [0.25, 0.3) is 0 Å². The number of hydrogen-bond acceptors (Lipinski definition) is 4. The minimum Gasteiger partial charge on any atom is -0.307 e. The Labute approximate surface area is 99.6 Å². The molecule has 0 saturated heterocycles. The predicted molar refractivity (Wildman–Crippen MR) is 63.9 cm³/mol. The number of hydrogen-bond donors (Lipinski definition) is 3. The van der Waals surface area contributed by atoms with Gasteiger partial charge in [-0.05, 0) is 26.7 Å². The fourth-order valence-electron chi connectivity index (χ4n) is 2.01. The summed E-state index contributed by atoms with van der Waals surface area (Å²) in [6.45, 7) is 3.49. The molecule has 1 aliphatic carbocycles. The Balaban J connectivity index is 2.42. The van der Waals surface area contributed by atoms with Crippen molar-refractivity contribution in [1.29, 1.82) is 0 Å². The Hall–Kier alpha value is -0.0100. The van der Waals surface area contributed by atoms with Crippen molar-refractivity contribution in [2.75, 3.05) is 0 Å². The van der Waals surface area contributed by atoms with E-state index < -0.39 is 17.1 Å². The Morgan fingerprint density at radius 1 is 1.50 bits per heavy atom. The van der Waals surface area contributed by atoms with Crippen LogP contribution in [-0.4, -0.2) is 26.6 Å². The molecule has 4 N–H and O–H groups in total. The van der Waals surface area contributed by atoms with E-state index in [9.17, 15) is 4.21 Å². The maximum atomic E-state index is 10.6. The first-order chi connectivity index (χ1) is 7.42. The normalized spacial score (nSPS) is 26.0. The van der Waals surface area contributed by atoms with Crippen molar-refractivity contribution in [3.05, 3.63) is 0 Å². The number of rotatable bonds is 5. The molecule has 3 unspecified atom stereocenters. The van der Waals surface area contributed by atoms with Crippen molar-refractivity contribution >= 4 is 11.4 Å². The molecular formula is C10H22N2O3S. The minimum atomic E-state index is -2.33. The average Bonchev–Trinajstić information content (AvgIpc) is 2.17. The lowest BCUT2D eigenvalue weighted by atomic mass is 9.94. The Morgan fingerprint density at radius 2 is 2.06 bits per heavy atom. The first kappa shape index (κ1) is 14.1. The molecule has 0 aliphatic heterocycles. The van der Waals surface area contributed by atoms with Gasteiger partial charge in [0.05, 0.1) is 0 Å². The van der Waals surface area contributed by atoms with Crippen molar-refractivity contribution in [2.45, 2.75) is 63.8 Å². The first-order valence-electron chi connectivity index (χ1n) is 5.77. The van der Waals surface area contributed by atoms with Crippen LogP contribution in [0.15, 0.2) is 0 Å². The molecule has 16 heavy (non-hydrogen) atoms. The molecule has 5 nitrogen and oxygen atoms in total. The quantitative estimate of drug-likeness (QED) is 0.503. The molecule has 96 valence electrons. The molecule has 0 aromatic carbocycles. The van der Waals surface area contributed by atoms with Crippen molar-refractivity contribution < 1.29 is 12.9 Å². The topological polar surface area (TPSA) is 84.6 Å². The Kier molecular flexibility index (Phi) is 5.33. The average molecular weight is 250 g/mol. The maximum absolute atomic E-state index is 10.6. The molecule has 0 aromatic rings. The third-order valence-electron chi connectivity index (χ3n) is 3.20. The van der Waals surface area contributed by atoms with Gasteiger partial charge in [-0.15, -0.1) is 0 Å². The van der Waals surface area contributed by atoms with Crippen LogP contribution < -0.4 is 11.1 Å². The fourth-order valence-corrected chi connectivity index (χ4v) is 2.47. The summed E-state index contributed by atoms with van der Waals surface area (Å²) in [6.07, 6.45) is 6.05. The second-order valence-corrected chi connectivity index (χ2v) is 5.31. The molecule has 3 atom stereocenters. The monoisotopic (exact) mass is 250 g/mol. The molecule has 1 fully saturated rings. The van der Waals surface area contributed by atoms with E-state index in [2.05, 4.69) is 5.32 Å². The summed E-state index contributed by atoms with van der Waals surface area (Å²) in [5.74, 6) is 0. The van der Waals surface area contributed by atoms with E-state index in [-0.39, 0.29) is 6.04 Å². The smallest absolute Gasteiger partial charge is 0.303 e. The lowest BCUT2D eigenvalue weighted by molar-refractivity contribution is 0.0564. The largest absolute Gasteiger partial charge is 0.307 e. The highest BCUT2D eigenvalue weighted by Crippen LogP contribution is 2.19. The highest BCUT2D eigenvalue weighted by molar-refractivity contribution is 7.74. The molecule has 1 saturated carbocycles. The Bertz CT molecular complexity index is 242. The van der Waals surface area contributed by atoms with E-state index in [0.717, 1.165) is 12.8 Å². The van der Waals surface area contributed by atoms with Crippen molar-refractivity contribution in [2.24, 2.45) is 5.73 Å². The van der Waals surface area contributed by atoms with E-state index in [1.165, 1.54) is 19.3 Å². The van der Waals surface area contributed by atoms with Gasteiger partial charge < -0.3 is 11.1 Å². The second kappa shape index (κ2) is 6.07. The summed E-state index contributed by atoms with van der Waals surface area (Å²) in [5, 5.41) is 3.37. The zero-order chi connectivity index (χ0) is 12.2. The fraction of sp³-hybridized carbons (Fsp3) is 1.00. The molecule has 1 aliphatic rings. The maximum Gasteiger partial charge on any atom is 0.303 e. The number of nitrogens with two attached hydrogens (primary N) is 1. The molecule has 0 spiro atoms. The van der Waals surface area contributed by atoms with Gasteiger partial charge in [-0.1, -0.05) is 19.3 Å². The van der Waals surface area contributed by atoms with Crippen LogP contribution in [0.5, 0.6) is 0 Å². The molecule has 0 heterocycles. The van der Waals surface area contributed by atoms with Gasteiger partial charge in [-0.25, -0.2) is 4.18 Å². The summed E-state index contributed by atoms with van der Waals surface area (Å²) in [7, 11) is 0. The van der Waals surface area contributed by atoms with Crippen LogP contribution in [0.25, 0.3) is 0 Å².